The third-order valence-corrected chi connectivity index (χ3v) is 5.31. The van der Waals surface area contributed by atoms with E-state index >= 15 is 0 Å². The molecule has 1 aliphatic carbocycles. The second-order valence-electron chi connectivity index (χ2n) is 6.55. The van der Waals surface area contributed by atoms with Crippen LogP contribution in [0, 0.1) is 5.92 Å². The summed E-state index contributed by atoms with van der Waals surface area (Å²) in [6.45, 7) is 0.472. The van der Waals surface area contributed by atoms with Gasteiger partial charge in [-0.1, -0.05) is 24.6 Å². The molecule has 8 heteroatoms. The van der Waals surface area contributed by atoms with Crippen LogP contribution in [0.15, 0.2) is 30.3 Å². The van der Waals surface area contributed by atoms with E-state index in [1.807, 2.05) is 24.5 Å². The number of benzene rings is 1. The molecular formula is C19H30ClN3O3S. The van der Waals surface area contributed by atoms with E-state index in [1.54, 1.807) is 23.9 Å². The van der Waals surface area contributed by atoms with E-state index in [1.165, 1.54) is 0 Å². The Kier molecular flexibility index (Phi) is 11.2. The van der Waals surface area contributed by atoms with Gasteiger partial charge in [0.1, 0.15) is 11.8 Å². The Hall–Kier alpha value is -1.44. The summed E-state index contributed by atoms with van der Waals surface area (Å²) in [6, 6.07) is 8.72. The molecular weight excluding hydrogens is 386 g/mol. The average molecular weight is 416 g/mol. The largest absolute Gasteiger partial charge is 0.484 e. The van der Waals surface area contributed by atoms with Gasteiger partial charge in [0.15, 0.2) is 6.61 Å². The molecule has 1 aromatic carbocycles. The van der Waals surface area contributed by atoms with Crippen molar-refractivity contribution >= 4 is 36.0 Å². The van der Waals surface area contributed by atoms with Crippen molar-refractivity contribution in [1.82, 2.24) is 10.6 Å². The maximum atomic E-state index is 12.7. The fraction of sp³-hybridized carbons (Fsp3) is 0.579. The van der Waals surface area contributed by atoms with Gasteiger partial charge in [0.2, 0.25) is 5.91 Å². The predicted octanol–water partition coefficient (Wildman–Crippen LogP) is 1.97. The number of halogens is 1. The van der Waals surface area contributed by atoms with Crippen molar-refractivity contribution in [1.29, 1.82) is 0 Å². The van der Waals surface area contributed by atoms with E-state index < -0.39 is 6.04 Å². The topological polar surface area (TPSA) is 93.4 Å². The minimum Gasteiger partial charge on any atom is -0.484 e. The number of ether oxygens (including phenoxy) is 1. The summed E-state index contributed by atoms with van der Waals surface area (Å²) in [6.07, 6.45) is 5.66. The standard InChI is InChI=1S/C19H29N3O3S.ClH/c1-26-11-10-17(19(24)22-16-9-5-6-14(16)12-20)21-18(23)13-25-15-7-3-2-4-8-15;/h2-4,7-8,14,16-17H,5-6,9-13,20H2,1H3,(H,21,23)(H,22,24);1H. The molecule has 1 aliphatic rings. The molecule has 0 bridgehead atoms. The summed E-state index contributed by atoms with van der Waals surface area (Å²) in [4.78, 5) is 24.9. The highest BCUT2D eigenvalue weighted by molar-refractivity contribution is 7.98. The summed E-state index contributed by atoms with van der Waals surface area (Å²) < 4.78 is 5.46. The summed E-state index contributed by atoms with van der Waals surface area (Å²) in [5.74, 6) is 1.33. The molecule has 4 N–H and O–H groups in total. The quantitative estimate of drug-likeness (QED) is 0.543. The maximum Gasteiger partial charge on any atom is 0.258 e. The molecule has 152 valence electrons. The molecule has 0 heterocycles. The lowest BCUT2D eigenvalue weighted by atomic mass is 10.0. The third-order valence-electron chi connectivity index (χ3n) is 4.66. The molecule has 0 aromatic heterocycles. The summed E-state index contributed by atoms with van der Waals surface area (Å²) in [7, 11) is 0. The first-order valence-corrected chi connectivity index (χ1v) is 10.5. The van der Waals surface area contributed by atoms with Crippen LogP contribution >= 0.6 is 24.2 Å². The maximum absolute atomic E-state index is 12.7. The number of amides is 2. The van der Waals surface area contributed by atoms with Crippen molar-refractivity contribution in [3.63, 3.8) is 0 Å². The minimum atomic E-state index is -0.548. The zero-order chi connectivity index (χ0) is 18.8. The lowest BCUT2D eigenvalue weighted by Gasteiger charge is -2.24. The number of para-hydroxylation sites is 1. The van der Waals surface area contributed by atoms with Gasteiger partial charge in [-0.3, -0.25) is 9.59 Å². The number of carbonyl (C=O) groups excluding carboxylic acids is 2. The zero-order valence-corrected chi connectivity index (χ0v) is 17.3. The molecule has 0 saturated heterocycles. The number of thioether (sulfide) groups is 1. The average Bonchev–Trinajstić information content (AvgIpc) is 3.11. The monoisotopic (exact) mass is 415 g/mol. The number of nitrogens with two attached hydrogens (primary N) is 1. The van der Waals surface area contributed by atoms with Gasteiger partial charge in [0, 0.05) is 6.04 Å². The molecule has 3 atom stereocenters. The lowest BCUT2D eigenvalue weighted by molar-refractivity contribution is -0.130. The van der Waals surface area contributed by atoms with E-state index in [0.717, 1.165) is 25.0 Å². The molecule has 1 fully saturated rings. The van der Waals surface area contributed by atoms with E-state index in [0.29, 0.717) is 24.6 Å². The Morgan fingerprint density at radius 2 is 2.04 bits per heavy atom. The van der Waals surface area contributed by atoms with Crippen LogP contribution in [0.3, 0.4) is 0 Å². The van der Waals surface area contributed by atoms with E-state index in [2.05, 4.69) is 10.6 Å². The van der Waals surface area contributed by atoms with Crippen LogP contribution in [0.2, 0.25) is 0 Å². The lowest BCUT2D eigenvalue weighted by Crippen LogP contribution is -2.52. The van der Waals surface area contributed by atoms with Crippen molar-refractivity contribution in [2.24, 2.45) is 11.7 Å². The molecule has 0 radical (unpaired) electrons. The van der Waals surface area contributed by atoms with Crippen molar-refractivity contribution in [3.8, 4) is 5.75 Å². The SMILES string of the molecule is CSCCC(NC(=O)COc1ccccc1)C(=O)NC1CCCC1CN.Cl. The Balaban J connectivity index is 0.00000364. The predicted molar refractivity (Wildman–Crippen MR) is 112 cm³/mol. The van der Waals surface area contributed by atoms with Gasteiger partial charge in [0.25, 0.3) is 5.91 Å². The molecule has 27 heavy (non-hydrogen) atoms. The molecule has 1 saturated carbocycles. The Morgan fingerprint density at radius 3 is 2.70 bits per heavy atom. The molecule has 3 unspecified atom stereocenters. The highest BCUT2D eigenvalue weighted by Gasteiger charge is 2.30. The van der Waals surface area contributed by atoms with Crippen molar-refractivity contribution in [3.05, 3.63) is 30.3 Å². The highest BCUT2D eigenvalue weighted by atomic mass is 35.5. The molecule has 6 nitrogen and oxygen atoms in total. The molecule has 0 aliphatic heterocycles. The van der Waals surface area contributed by atoms with Gasteiger partial charge >= 0.3 is 0 Å². The van der Waals surface area contributed by atoms with Crippen molar-refractivity contribution in [2.75, 3.05) is 25.2 Å². The van der Waals surface area contributed by atoms with Gasteiger partial charge in [-0.15, -0.1) is 12.4 Å². The third kappa shape index (κ3) is 7.99. The normalized spacial score (nSPS) is 19.6. The van der Waals surface area contributed by atoms with Gasteiger partial charge in [-0.05, 0) is 55.9 Å². The number of hydrogen-bond acceptors (Lipinski definition) is 5. The second-order valence-corrected chi connectivity index (χ2v) is 7.53. The van der Waals surface area contributed by atoms with Crippen LogP contribution in [-0.4, -0.2) is 49.1 Å². The molecule has 2 rings (SSSR count). The molecule has 0 spiro atoms. The van der Waals surface area contributed by atoms with Crippen LogP contribution in [0.5, 0.6) is 5.75 Å². The minimum absolute atomic E-state index is 0. The van der Waals surface area contributed by atoms with Crippen LogP contribution in [-0.2, 0) is 9.59 Å². The van der Waals surface area contributed by atoms with Crippen LogP contribution < -0.4 is 21.1 Å². The van der Waals surface area contributed by atoms with Gasteiger partial charge in [-0.25, -0.2) is 0 Å². The van der Waals surface area contributed by atoms with Crippen LogP contribution in [0.25, 0.3) is 0 Å². The highest BCUT2D eigenvalue weighted by Crippen LogP contribution is 2.24. The van der Waals surface area contributed by atoms with Crippen LogP contribution in [0.1, 0.15) is 25.7 Å². The zero-order valence-electron chi connectivity index (χ0n) is 15.7. The Bertz CT molecular complexity index is 577. The first kappa shape index (κ1) is 23.6. The van der Waals surface area contributed by atoms with Crippen LogP contribution in [0.4, 0.5) is 0 Å². The fourth-order valence-corrected chi connectivity index (χ4v) is 3.67. The number of nitrogens with one attached hydrogen (secondary N) is 2. The Labute approximate surface area is 171 Å². The van der Waals surface area contributed by atoms with Gasteiger partial charge in [-0.2, -0.15) is 11.8 Å². The van der Waals surface area contributed by atoms with Gasteiger partial charge in [0.05, 0.1) is 0 Å². The van der Waals surface area contributed by atoms with Crippen molar-refractivity contribution < 1.29 is 14.3 Å². The molecule has 1 aromatic rings. The summed E-state index contributed by atoms with van der Waals surface area (Å²) in [5, 5.41) is 5.89. The first-order valence-electron chi connectivity index (χ1n) is 9.10. The molecule has 2 amide bonds. The van der Waals surface area contributed by atoms with E-state index in [4.69, 9.17) is 10.5 Å². The van der Waals surface area contributed by atoms with E-state index in [9.17, 15) is 9.59 Å². The summed E-state index contributed by atoms with van der Waals surface area (Å²) in [5.41, 5.74) is 5.79. The van der Waals surface area contributed by atoms with Crippen molar-refractivity contribution in [2.45, 2.75) is 37.8 Å². The second kappa shape index (κ2) is 12.9. The fourth-order valence-electron chi connectivity index (χ4n) is 3.20. The Morgan fingerprint density at radius 1 is 1.30 bits per heavy atom. The smallest absolute Gasteiger partial charge is 0.258 e. The van der Waals surface area contributed by atoms with Gasteiger partial charge < -0.3 is 21.1 Å². The number of carbonyl (C=O) groups is 2. The summed E-state index contributed by atoms with van der Waals surface area (Å²) >= 11 is 1.65. The first-order chi connectivity index (χ1) is 12.6. The van der Waals surface area contributed by atoms with E-state index in [-0.39, 0.29) is 36.9 Å². The number of rotatable bonds is 10. The number of hydrogen-bond donors (Lipinski definition) is 3.